The van der Waals surface area contributed by atoms with Crippen molar-refractivity contribution in [1.82, 2.24) is 15.6 Å². The van der Waals surface area contributed by atoms with Crippen LogP contribution in [0.25, 0.3) is 0 Å². The van der Waals surface area contributed by atoms with Gasteiger partial charge in [-0.05, 0) is 37.0 Å². The first-order chi connectivity index (χ1) is 11.7. The summed E-state index contributed by atoms with van der Waals surface area (Å²) in [5, 5.41) is 5.83. The third kappa shape index (κ3) is 4.25. The number of nitrogens with one attached hydrogen (secondary N) is 2. The van der Waals surface area contributed by atoms with Gasteiger partial charge in [0.1, 0.15) is 5.82 Å². The maximum Gasteiger partial charge on any atom is 0.315 e. The normalized spacial score (nSPS) is 15.1. The van der Waals surface area contributed by atoms with Crippen molar-refractivity contribution in [3.05, 3.63) is 59.8 Å². The Kier molecular flexibility index (Phi) is 5.31. The van der Waals surface area contributed by atoms with E-state index in [0.29, 0.717) is 6.54 Å². The predicted molar refractivity (Wildman–Crippen MR) is 95.9 cm³/mol. The van der Waals surface area contributed by atoms with Crippen LogP contribution in [0, 0.1) is 0 Å². The zero-order valence-corrected chi connectivity index (χ0v) is 14.0. The topological polar surface area (TPSA) is 57.3 Å². The van der Waals surface area contributed by atoms with Gasteiger partial charge >= 0.3 is 6.03 Å². The molecule has 24 heavy (non-hydrogen) atoms. The van der Waals surface area contributed by atoms with E-state index in [9.17, 15) is 4.79 Å². The molecule has 2 aromatic rings. The van der Waals surface area contributed by atoms with Crippen LogP contribution in [0.5, 0.6) is 0 Å². The summed E-state index contributed by atoms with van der Waals surface area (Å²) in [5.41, 5.74) is 2.09. The number of amides is 2. The number of carbonyl (C=O) groups excluding carboxylic acids is 1. The number of hydrogen-bond donors (Lipinski definition) is 2. The first kappa shape index (κ1) is 16.3. The van der Waals surface area contributed by atoms with Crippen LogP contribution in [-0.4, -0.2) is 24.1 Å². The van der Waals surface area contributed by atoms with E-state index in [1.165, 1.54) is 12.8 Å². The molecular weight excluding hydrogens is 300 g/mol. The minimum Gasteiger partial charge on any atom is -0.357 e. The monoisotopic (exact) mass is 324 g/mol. The summed E-state index contributed by atoms with van der Waals surface area (Å²) < 4.78 is 0. The second-order valence-corrected chi connectivity index (χ2v) is 6.18. The zero-order valence-electron chi connectivity index (χ0n) is 14.0. The van der Waals surface area contributed by atoms with Gasteiger partial charge in [0, 0.05) is 25.8 Å². The SMILES string of the molecule is C[C@H](NC(=O)NCc1ccc(N2CCCC2)nc1)c1ccccc1. The highest BCUT2D eigenvalue weighted by atomic mass is 16.2. The van der Waals surface area contributed by atoms with E-state index < -0.39 is 0 Å². The van der Waals surface area contributed by atoms with Crippen LogP contribution in [0.3, 0.4) is 0 Å². The Hall–Kier alpha value is -2.56. The molecule has 2 heterocycles. The number of carbonyl (C=O) groups is 1. The molecule has 1 fully saturated rings. The molecule has 0 saturated carbocycles. The molecular formula is C19H24N4O. The van der Waals surface area contributed by atoms with E-state index in [1.807, 2.05) is 55.6 Å². The summed E-state index contributed by atoms with van der Waals surface area (Å²) >= 11 is 0. The Balaban J connectivity index is 1.47. The quantitative estimate of drug-likeness (QED) is 0.888. The molecule has 1 saturated heterocycles. The van der Waals surface area contributed by atoms with Crippen LogP contribution in [0.4, 0.5) is 10.6 Å². The second-order valence-electron chi connectivity index (χ2n) is 6.18. The molecule has 2 amide bonds. The van der Waals surface area contributed by atoms with E-state index in [0.717, 1.165) is 30.0 Å². The zero-order chi connectivity index (χ0) is 16.8. The number of urea groups is 1. The third-order valence-electron chi connectivity index (χ3n) is 4.34. The number of benzene rings is 1. The Morgan fingerprint density at radius 3 is 2.58 bits per heavy atom. The second kappa shape index (κ2) is 7.81. The van der Waals surface area contributed by atoms with Gasteiger partial charge in [-0.25, -0.2) is 9.78 Å². The van der Waals surface area contributed by atoms with Crippen molar-refractivity contribution in [3.8, 4) is 0 Å². The summed E-state index contributed by atoms with van der Waals surface area (Å²) in [6.45, 7) is 4.62. The fourth-order valence-corrected chi connectivity index (χ4v) is 2.91. The Bertz CT molecular complexity index is 651. The first-order valence-corrected chi connectivity index (χ1v) is 8.51. The Morgan fingerprint density at radius 2 is 1.92 bits per heavy atom. The van der Waals surface area contributed by atoms with Gasteiger partial charge in [-0.1, -0.05) is 36.4 Å². The van der Waals surface area contributed by atoms with Gasteiger partial charge in [0.15, 0.2) is 0 Å². The molecule has 5 nitrogen and oxygen atoms in total. The molecule has 5 heteroatoms. The van der Waals surface area contributed by atoms with Gasteiger partial charge in [0.05, 0.1) is 6.04 Å². The van der Waals surface area contributed by atoms with E-state index in [4.69, 9.17) is 0 Å². The smallest absolute Gasteiger partial charge is 0.315 e. The number of anilines is 1. The largest absolute Gasteiger partial charge is 0.357 e. The molecule has 0 aliphatic carbocycles. The van der Waals surface area contributed by atoms with Crippen LogP contribution < -0.4 is 15.5 Å². The van der Waals surface area contributed by atoms with Gasteiger partial charge in [-0.2, -0.15) is 0 Å². The lowest BCUT2D eigenvalue weighted by atomic mass is 10.1. The molecule has 126 valence electrons. The van der Waals surface area contributed by atoms with E-state index >= 15 is 0 Å². The molecule has 1 atom stereocenters. The lowest BCUT2D eigenvalue weighted by molar-refractivity contribution is 0.237. The Labute approximate surface area is 143 Å². The lowest BCUT2D eigenvalue weighted by Crippen LogP contribution is -2.36. The molecule has 1 aliphatic heterocycles. The van der Waals surface area contributed by atoms with Gasteiger partial charge < -0.3 is 15.5 Å². The van der Waals surface area contributed by atoms with Crippen LogP contribution in [0.1, 0.15) is 36.9 Å². The lowest BCUT2D eigenvalue weighted by Gasteiger charge is -2.17. The molecule has 3 rings (SSSR count). The van der Waals surface area contributed by atoms with Gasteiger partial charge in [0.2, 0.25) is 0 Å². The fourth-order valence-electron chi connectivity index (χ4n) is 2.91. The molecule has 0 spiro atoms. The van der Waals surface area contributed by atoms with Crippen molar-refractivity contribution in [1.29, 1.82) is 0 Å². The number of hydrogen-bond acceptors (Lipinski definition) is 3. The fraction of sp³-hybridized carbons (Fsp3) is 0.368. The van der Waals surface area contributed by atoms with Crippen molar-refractivity contribution in [3.63, 3.8) is 0 Å². The standard InChI is InChI=1S/C19H24N4O/c1-15(17-7-3-2-4-8-17)22-19(24)21-14-16-9-10-18(20-13-16)23-11-5-6-12-23/h2-4,7-10,13,15H,5-6,11-12,14H2,1H3,(H2,21,22,24)/t15-/m0/s1. The number of aromatic nitrogens is 1. The van der Waals surface area contributed by atoms with Crippen LogP contribution >= 0.6 is 0 Å². The summed E-state index contributed by atoms with van der Waals surface area (Å²) in [6, 6.07) is 13.8. The molecule has 1 aromatic carbocycles. The van der Waals surface area contributed by atoms with E-state index in [2.05, 4.69) is 20.5 Å². The predicted octanol–water partition coefficient (Wildman–Crippen LogP) is 3.24. The van der Waals surface area contributed by atoms with Crippen molar-refractivity contribution in [2.24, 2.45) is 0 Å². The highest BCUT2D eigenvalue weighted by Crippen LogP contribution is 2.17. The van der Waals surface area contributed by atoms with Gasteiger partial charge in [-0.3, -0.25) is 0 Å². The van der Waals surface area contributed by atoms with Gasteiger partial charge in [-0.15, -0.1) is 0 Å². The minimum atomic E-state index is -0.171. The molecule has 0 bridgehead atoms. The average Bonchev–Trinajstić information content (AvgIpc) is 3.16. The van der Waals surface area contributed by atoms with Crippen molar-refractivity contribution >= 4 is 11.8 Å². The van der Waals surface area contributed by atoms with Crippen LogP contribution in [-0.2, 0) is 6.54 Å². The minimum absolute atomic E-state index is 0.0260. The summed E-state index contributed by atoms with van der Waals surface area (Å²) in [6.07, 6.45) is 4.32. The number of pyridine rings is 1. The van der Waals surface area contributed by atoms with Crippen LogP contribution in [0.15, 0.2) is 48.7 Å². The molecule has 1 aliphatic rings. The average molecular weight is 324 g/mol. The van der Waals surface area contributed by atoms with Gasteiger partial charge in [0.25, 0.3) is 0 Å². The van der Waals surface area contributed by atoms with Crippen molar-refractivity contribution in [2.75, 3.05) is 18.0 Å². The maximum atomic E-state index is 12.0. The molecule has 0 unspecified atom stereocenters. The highest BCUT2D eigenvalue weighted by Gasteiger charge is 2.13. The van der Waals surface area contributed by atoms with E-state index in [1.54, 1.807) is 0 Å². The number of nitrogens with zero attached hydrogens (tertiary/aromatic N) is 2. The summed E-state index contributed by atoms with van der Waals surface area (Å²) in [5.74, 6) is 1.03. The molecule has 2 N–H and O–H groups in total. The Morgan fingerprint density at radius 1 is 1.17 bits per heavy atom. The molecule has 1 aromatic heterocycles. The van der Waals surface area contributed by atoms with Crippen LogP contribution in [0.2, 0.25) is 0 Å². The third-order valence-corrected chi connectivity index (χ3v) is 4.34. The van der Waals surface area contributed by atoms with E-state index in [-0.39, 0.29) is 12.1 Å². The highest BCUT2D eigenvalue weighted by molar-refractivity contribution is 5.74. The van der Waals surface area contributed by atoms with Crippen molar-refractivity contribution in [2.45, 2.75) is 32.4 Å². The maximum absolute atomic E-state index is 12.0. The summed E-state index contributed by atoms with van der Waals surface area (Å²) in [4.78, 5) is 18.8. The summed E-state index contributed by atoms with van der Waals surface area (Å²) in [7, 11) is 0. The molecule has 0 radical (unpaired) electrons. The number of rotatable bonds is 5. The van der Waals surface area contributed by atoms with Crippen molar-refractivity contribution < 1.29 is 4.79 Å². The first-order valence-electron chi connectivity index (χ1n) is 8.51.